The molecule has 1 N–H and O–H groups in total. The molecule has 4 rings (SSSR count). The summed E-state index contributed by atoms with van der Waals surface area (Å²) in [5, 5.41) is 5.54. The number of aromatic nitrogens is 3. The van der Waals surface area contributed by atoms with Crippen molar-refractivity contribution >= 4 is 23.1 Å². The number of aryl methyl sites for hydroxylation is 2. The smallest absolute Gasteiger partial charge is 0.263 e. The number of benzene rings is 2. The molecule has 1 amide bonds. The lowest BCUT2D eigenvalue weighted by Gasteiger charge is -2.10. The van der Waals surface area contributed by atoms with E-state index in [1.54, 1.807) is 13.3 Å². The van der Waals surface area contributed by atoms with Crippen molar-refractivity contribution in [2.45, 2.75) is 13.8 Å². The van der Waals surface area contributed by atoms with Crippen LogP contribution in [0, 0.1) is 13.8 Å². The SMILES string of the molecule is COc1cccc(-c2csc(-n3c(NC(=O)COc4ccc(C)cc4)cnc3C)n2)c1. The van der Waals surface area contributed by atoms with Gasteiger partial charge >= 0.3 is 0 Å². The van der Waals surface area contributed by atoms with Crippen LogP contribution in [0.25, 0.3) is 16.4 Å². The zero-order valence-electron chi connectivity index (χ0n) is 17.5. The van der Waals surface area contributed by atoms with E-state index in [2.05, 4.69) is 10.3 Å². The molecule has 0 atom stereocenters. The van der Waals surface area contributed by atoms with Crippen LogP contribution < -0.4 is 14.8 Å². The predicted octanol–water partition coefficient (Wildman–Crippen LogP) is 4.64. The van der Waals surface area contributed by atoms with Crippen LogP contribution in [-0.2, 0) is 4.79 Å². The van der Waals surface area contributed by atoms with Gasteiger partial charge in [0.1, 0.15) is 23.1 Å². The molecule has 4 aromatic rings. The normalized spacial score (nSPS) is 10.7. The van der Waals surface area contributed by atoms with Gasteiger partial charge in [-0.05, 0) is 38.1 Å². The van der Waals surface area contributed by atoms with E-state index >= 15 is 0 Å². The minimum atomic E-state index is -0.272. The van der Waals surface area contributed by atoms with Crippen LogP contribution in [0.1, 0.15) is 11.4 Å². The molecule has 8 heteroatoms. The van der Waals surface area contributed by atoms with E-state index < -0.39 is 0 Å². The molecule has 0 spiro atoms. The number of thiazole rings is 1. The highest BCUT2D eigenvalue weighted by atomic mass is 32.1. The third-order valence-corrected chi connectivity index (χ3v) is 5.47. The highest BCUT2D eigenvalue weighted by Gasteiger charge is 2.16. The number of carbonyl (C=O) groups is 1. The van der Waals surface area contributed by atoms with E-state index in [9.17, 15) is 4.79 Å². The second kappa shape index (κ2) is 9.01. The summed E-state index contributed by atoms with van der Waals surface area (Å²) in [6, 6.07) is 15.3. The molecular weight excluding hydrogens is 412 g/mol. The Balaban J connectivity index is 1.49. The topological polar surface area (TPSA) is 78.3 Å². The Kier molecular flexibility index (Phi) is 5.99. The van der Waals surface area contributed by atoms with Crippen molar-refractivity contribution < 1.29 is 14.3 Å². The maximum absolute atomic E-state index is 12.4. The summed E-state index contributed by atoms with van der Waals surface area (Å²) in [4.78, 5) is 21.5. The second-order valence-electron chi connectivity index (χ2n) is 6.92. The zero-order chi connectivity index (χ0) is 21.8. The number of methoxy groups -OCH3 is 1. The summed E-state index contributed by atoms with van der Waals surface area (Å²) in [6.07, 6.45) is 1.62. The van der Waals surface area contributed by atoms with Gasteiger partial charge in [0.25, 0.3) is 5.91 Å². The summed E-state index contributed by atoms with van der Waals surface area (Å²) in [5.41, 5.74) is 2.91. The molecule has 0 radical (unpaired) electrons. The molecule has 0 saturated heterocycles. The zero-order valence-corrected chi connectivity index (χ0v) is 18.3. The van der Waals surface area contributed by atoms with Crippen molar-refractivity contribution in [3.63, 3.8) is 0 Å². The fourth-order valence-corrected chi connectivity index (χ4v) is 3.91. The molecule has 2 heterocycles. The van der Waals surface area contributed by atoms with Crippen LogP contribution in [0.2, 0.25) is 0 Å². The monoisotopic (exact) mass is 434 g/mol. The standard InChI is InChI=1S/C23H22N4O3S/c1-15-7-9-18(10-8-15)30-13-22(28)26-21-12-24-16(2)27(21)23-25-20(14-31-23)17-5-4-6-19(11-17)29-3/h4-12,14H,13H2,1-3H3,(H,26,28). The van der Waals surface area contributed by atoms with E-state index in [4.69, 9.17) is 14.5 Å². The van der Waals surface area contributed by atoms with Crippen molar-refractivity contribution in [3.05, 3.63) is 71.5 Å². The van der Waals surface area contributed by atoms with Crippen LogP contribution >= 0.6 is 11.3 Å². The summed E-state index contributed by atoms with van der Waals surface area (Å²) >= 11 is 1.47. The number of carbonyl (C=O) groups excluding carboxylic acids is 1. The summed E-state index contributed by atoms with van der Waals surface area (Å²) in [7, 11) is 1.64. The number of nitrogens with zero attached hydrogens (tertiary/aromatic N) is 3. The van der Waals surface area contributed by atoms with Crippen LogP contribution in [0.5, 0.6) is 11.5 Å². The number of imidazole rings is 1. The Hall–Kier alpha value is -3.65. The maximum Gasteiger partial charge on any atom is 0.263 e. The quantitative estimate of drug-likeness (QED) is 0.459. The van der Waals surface area contributed by atoms with E-state index in [1.807, 2.05) is 72.3 Å². The van der Waals surface area contributed by atoms with E-state index in [0.717, 1.165) is 28.4 Å². The van der Waals surface area contributed by atoms with Crippen LogP contribution in [-0.4, -0.2) is 34.2 Å². The molecule has 0 aliphatic rings. The van der Waals surface area contributed by atoms with Crippen molar-refractivity contribution in [2.75, 3.05) is 19.0 Å². The first-order valence-electron chi connectivity index (χ1n) is 9.67. The summed E-state index contributed by atoms with van der Waals surface area (Å²) in [5.74, 6) is 2.41. The van der Waals surface area contributed by atoms with Gasteiger partial charge in [-0.15, -0.1) is 11.3 Å². The van der Waals surface area contributed by atoms with Crippen LogP contribution in [0.4, 0.5) is 5.82 Å². The molecule has 0 fully saturated rings. The summed E-state index contributed by atoms with van der Waals surface area (Å²) < 4.78 is 12.7. The number of hydrogen-bond donors (Lipinski definition) is 1. The number of nitrogens with one attached hydrogen (secondary N) is 1. The Morgan fingerprint density at radius 3 is 2.71 bits per heavy atom. The van der Waals surface area contributed by atoms with Crippen LogP contribution in [0.3, 0.4) is 0 Å². The fraction of sp³-hybridized carbons (Fsp3) is 0.174. The molecule has 7 nitrogen and oxygen atoms in total. The molecular formula is C23H22N4O3S. The van der Waals surface area contributed by atoms with E-state index in [1.165, 1.54) is 11.3 Å². The molecule has 0 aliphatic heterocycles. The predicted molar refractivity (Wildman–Crippen MR) is 121 cm³/mol. The largest absolute Gasteiger partial charge is 0.497 e. The second-order valence-corrected chi connectivity index (χ2v) is 7.76. The lowest BCUT2D eigenvalue weighted by Crippen LogP contribution is -2.21. The molecule has 0 bridgehead atoms. The minimum Gasteiger partial charge on any atom is -0.497 e. The van der Waals surface area contributed by atoms with Gasteiger partial charge in [0.05, 0.1) is 19.0 Å². The molecule has 0 saturated carbocycles. The lowest BCUT2D eigenvalue weighted by atomic mass is 10.2. The Morgan fingerprint density at radius 2 is 1.94 bits per heavy atom. The van der Waals surface area contributed by atoms with Crippen molar-refractivity contribution in [1.29, 1.82) is 0 Å². The number of ether oxygens (including phenoxy) is 2. The van der Waals surface area contributed by atoms with Crippen molar-refractivity contribution in [1.82, 2.24) is 14.5 Å². The van der Waals surface area contributed by atoms with Gasteiger partial charge in [-0.25, -0.2) is 9.97 Å². The van der Waals surface area contributed by atoms with Gasteiger partial charge in [-0.1, -0.05) is 29.8 Å². The highest BCUT2D eigenvalue weighted by Crippen LogP contribution is 2.29. The minimum absolute atomic E-state index is 0.0970. The van der Waals surface area contributed by atoms with E-state index in [-0.39, 0.29) is 12.5 Å². The molecule has 158 valence electrons. The molecule has 0 aliphatic carbocycles. The maximum atomic E-state index is 12.4. The number of rotatable bonds is 7. The van der Waals surface area contributed by atoms with Crippen molar-refractivity contribution in [2.24, 2.45) is 0 Å². The van der Waals surface area contributed by atoms with Gasteiger partial charge in [0, 0.05) is 10.9 Å². The third kappa shape index (κ3) is 4.75. The molecule has 31 heavy (non-hydrogen) atoms. The van der Waals surface area contributed by atoms with Gasteiger partial charge in [-0.3, -0.25) is 9.36 Å². The van der Waals surface area contributed by atoms with Crippen LogP contribution in [0.15, 0.2) is 60.1 Å². The first-order valence-corrected chi connectivity index (χ1v) is 10.6. The Labute approximate surface area is 184 Å². The first kappa shape index (κ1) is 20.6. The lowest BCUT2D eigenvalue weighted by molar-refractivity contribution is -0.118. The van der Waals surface area contributed by atoms with Crippen molar-refractivity contribution in [3.8, 4) is 27.9 Å². The molecule has 2 aromatic carbocycles. The summed E-state index contributed by atoms with van der Waals surface area (Å²) in [6.45, 7) is 3.77. The Bertz CT molecular complexity index is 1200. The number of hydrogen-bond acceptors (Lipinski definition) is 6. The average molecular weight is 435 g/mol. The fourth-order valence-electron chi connectivity index (χ4n) is 3.02. The number of amides is 1. The van der Waals surface area contributed by atoms with Gasteiger partial charge in [0.2, 0.25) is 0 Å². The first-order chi connectivity index (χ1) is 15.0. The average Bonchev–Trinajstić information content (AvgIpc) is 3.40. The third-order valence-electron chi connectivity index (χ3n) is 4.65. The number of anilines is 1. The highest BCUT2D eigenvalue weighted by molar-refractivity contribution is 7.12. The van der Waals surface area contributed by atoms with Gasteiger partial charge in [0.15, 0.2) is 11.7 Å². The van der Waals surface area contributed by atoms with Gasteiger partial charge in [-0.2, -0.15) is 0 Å². The Morgan fingerprint density at radius 1 is 1.13 bits per heavy atom. The van der Waals surface area contributed by atoms with Gasteiger partial charge < -0.3 is 14.8 Å². The van der Waals surface area contributed by atoms with E-state index in [0.29, 0.717) is 16.7 Å². The molecule has 2 aromatic heterocycles. The molecule has 0 unspecified atom stereocenters.